The molecule has 0 radical (unpaired) electrons. The minimum Gasteiger partial charge on any atom is -0.395 e. The molecule has 72 valence electrons. The Kier molecular flexibility index (Phi) is 3.84. The first-order chi connectivity index (χ1) is 6.77. The maximum atomic E-state index is 12.8. The van der Waals surface area contributed by atoms with Crippen LogP contribution in [-0.2, 0) is 0 Å². The van der Waals surface area contributed by atoms with Gasteiger partial charge in [-0.2, -0.15) is 0 Å². The lowest BCUT2D eigenvalue weighted by Crippen LogP contribution is -1.89. The summed E-state index contributed by atoms with van der Waals surface area (Å²) < 4.78 is 12.8. The van der Waals surface area contributed by atoms with Crippen molar-refractivity contribution >= 4 is 6.29 Å². The SMILES string of the molecule is O=Cc1ccc(F)cc1C#CCCO. The molecule has 0 bridgehead atoms. The van der Waals surface area contributed by atoms with Crippen LogP contribution in [0.15, 0.2) is 18.2 Å². The van der Waals surface area contributed by atoms with Crippen LogP contribution in [0.25, 0.3) is 0 Å². The predicted molar refractivity (Wildman–Crippen MR) is 50.4 cm³/mol. The standard InChI is InChI=1S/C11H9FO2/c12-11-5-4-10(8-14)9(7-11)3-1-2-6-13/h4-5,7-8,13H,2,6H2. The molecule has 0 saturated carbocycles. The Labute approximate surface area is 81.4 Å². The number of hydrogen-bond donors (Lipinski definition) is 1. The molecule has 1 N–H and O–H groups in total. The van der Waals surface area contributed by atoms with Gasteiger partial charge in [-0.3, -0.25) is 4.79 Å². The Bertz CT molecular complexity index is 388. The molecule has 0 saturated heterocycles. The number of hydrogen-bond acceptors (Lipinski definition) is 2. The van der Waals surface area contributed by atoms with Crippen LogP contribution < -0.4 is 0 Å². The Morgan fingerprint density at radius 2 is 2.29 bits per heavy atom. The van der Waals surface area contributed by atoms with E-state index in [0.717, 1.165) is 0 Å². The van der Waals surface area contributed by atoms with Crippen molar-refractivity contribution in [1.82, 2.24) is 0 Å². The van der Waals surface area contributed by atoms with E-state index in [0.29, 0.717) is 23.8 Å². The Hall–Kier alpha value is -1.66. The van der Waals surface area contributed by atoms with Crippen LogP contribution in [0.3, 0.4) is 0 Å². The van der Waals surface area contributed by atoms with Crippen molar-refractivity contribution in [2.24, 2.45) is 0 Å². The van der Waals surface area contributed by atoms with Gasteiger partial charge in [0.2, 0.25) is 0 Å². The number of aliphatic hydroxyl groups excluding tert-OH is 1. The lowest BCUT2D eigenvalue weighted by atomic mass is 10.1. The summed E-state index contributed by atoms with van der Waals surface area (Å²) in [6.07, 6.45) is 0.942. The highest BCUT2D eigenvalue weighted by atomic mass is 19.1. The fourth-order valence-corrected chi connectivity index (χ4v) is 0.953. The van der Waals surface area contributed by atoms with Gasteiger partial charge in [0.05, 0.1) is 6.61 Å². The number of carbonyl (C=O) groups excluding carboxylic acids is 1. The highest BCUT2D eigenvalue weighted by Crippen LogP contribution is 2.07. The molecule has 0 amide bonds. The monoisotopic (exact) mass is 192 g/mol. The molecule has 0 atom stereocenters. The predicted octanol–water partition coefficient (Wildman–Crippen LogP) is 1.37. The molecule has 1 aromatic rings. The largest absolute Gasteiger partial charge is 0.395 e. The van der Waals surface area contributed by atoms with Crippen LogP contribution in [0, 0.1) is 17.7 Å². The smallest absolute Gasteiger partial charge is 0.151 e. The van der Waals surface area contributed by atoms with E-state index >= 15 is 0 Å². The van der Waals surface area contributed by atoms with Crippen LogP contribution >= 0.6 is 0 Å². The maximum Gasteiger partial charge on any atom is 0.151 e. The first-order valence-corrected chi connectivity index (χ1v) is 4.12. The van der Waals surface area contributed by atoms with E-state index in [1.165, 1.54) is 18.2 Å². The third kappa shape index (κ3) is 2.68. The zero-order valence-corrected chi connectivity index (χ0v) is 7.46. The summed E-state index contributed by atoms with van der Waals surface area (Å²) in [5.74, 6) is 4.83. The van der Waals surface area contributed by atoms with Gasteiger partial charge in [-0.15, -0.1) is 0 Å². The quantitative estimate of drug-likeness (QED) is 0.567. The Balaban J connectivity index is 3.00. The normalized spacial score (nSPS) is 9.00. The molecule has 0 aliphatic carbocycles. The van der Waals surface area contributed by atoms with Crippen molar-refractivity contribution in [3.63, 3.8) is 0 Å². The van der Waals surface area contributed by atoms with Crippen LogP contribution in [0.2, 0.25) is 0 Å². The molecule has 1 aromatic carbocycles. The average Bonchev–Trinajstić information content (AvgIpc) is 2.19. The number of carbonyl (C=O) groups is 1. The molecule has 0 unspecified atom stereocenters. The van der Waals surface area contributed by atoms with E-state index < -0.39 is 5.82 Å². The van der Waals surface area contributed by atoms with Gasteiger partial charge >= 0.3 is 0 Å². The molecule has 0 spiro atoms. The third-order valence-electron chi connectivity index (χ3n) is 1.60. The van der Waals surface area contributed by atoms with Gasteiger partial charge in [-0.05, 0) is 18.2 Å². The summed E-state index contributed by atoms with van der Waals surface area (Å²) in [5.41, 5.74) is 0.713. The van der Waals surface area contributed by atoms with E-state index in [1.807, 2.05) is 0 Å². The van der Waals surface area contributed by atoms with Gasteiger partial charge in [0.25, 0.3) is 0 Å². The second-order valence-electron chi connectivity index (χ2n) is 2.62. The fraction of sp³-hybridized carbons (Fsp3) is 0.182. The number of aldehydes is 1. The minimum absolute atomic E-state index is 0.0429. The third-order valence-corrected chi connectivity index (χ3v) is 1.60. The van der Waals surface area contributed by atoms with E-state index in [1.54, 1.807) is 0 Å². The summed E-state index contributed by atoms with van der Waals surface area (Å²) in [7, 11) is 0. The first kappa shape index (κ1) is 10.4. The van der Waals surface area contributed by atoms with E-state index in [2.05, 4.69) is 11.8 Å². The minimum atomic E-state index is -0.427. The molecule has 1 rings (SSSR count). The van der Waals surface area contributed by atoms with Gasteiger partial charge in [0.15, 0.2) is 6.29 Å². The lowest BCUT2D eigenvalue weighted by molar-refractivity contribution is 0.112. The van der Waals surface area contributed by atoms with Gasteiger partial charge in [-0.1, -0.05) is 11.8 Å². The molecule has 0 fully saturated rings. The molecule has 0 aromatic heterocycles. The molecule has 0 aliphatic heterocycles. The van der Waals surface area contributed by atoms with Crippen molar-refractivity contribution in [2.45, 2.75) is 6.42 Å². The van der Waals surface area contributed by atoms with E-state index in [4.69, 9.17) is 5.11 Å². The summed E-state index contributed by atoms with van der Waals surface area (Å²) in [5, 5.41) is 8.48. The molecule has 0 heterocycles. The zero-order chi connectivity index (χ0) is 10.4. The topological polar surface area (TPSA) is 37.3 Å². The zero-order valence-electron chi connectivity index (χ0n) is 7.46. The van der Waals surface area contributed by atoms with Gasteiger partial charge in [0, 0.05) is 17.5 Å². The first-order valence-electron chi connectivity index (χ1n) is 4.12. The molecular weight excluding hydrogens is 183 g/mol. The highest BCUT2D eigenvalue weighted by Gasteiger charge is 1.99. The summed E-state index contributed by atoms with van der Waals surface area (Å²) in [6, 6.07) is 3.79. The molecule has 14 heavy (non-hydrogen) atoms. The van der Waals surface area contributed by atoms with E-state index in [9.17, 15) is 9.18 Å². The molecular formula is C11H9FO2. The molecule has 2 nitrogen and oxygen atoms in total. The number of halogens is 1. The summed E-state index contributed by atoms with van der Waals surface area (Å²) >= 11 is 0. The summed E-state index contributed by atoms with van der Waals surface area (Å²) in [6.45, 7) is -0.0429. The van der Waals surface area contributed by atoms with Crippen LogP contribution in [0.5, 0.6) is 0 Å². The lowest BCUT2D eigenvalue weighted by Gasteiger charge is -1.95. The second kappa shape index (κ2) is 5.15. The van der Waals surface area contributed by atoms with Crippen molar-refractivity contribution < 1.29 is 14.3 Å². The molecule has 0 aliphatic rings. The van der Waals surface area contributed by atoms with Gasteiger partial charge < -0.3 is 5.11 Å². The van der Waals surface area contributed by atoms with Crippen LogP contribution in [0.1, 0.15) is 22.3 Å². The van der Waals surface area contributed by atoms with Crippen LogP contribution in [-0.4, -0.2) is 18.0 Å². The average molecular weight is 192 g/mol. The Morgan fingerprint density at radius 3 is 2.93 bits per heavy atom. The van der Waals surface area contributed by atoms with Crippen molar-refractivity contribution in [1.29, 1.82) is 0 Å². The fourth-order valence-electron chi connectivity index (χ4n) is 0.953. The summed E-state index contributed by atoms with van der Waals surface area (Å²) in [4.78, 5) is 10.5. The van der Waals surface area contributed by atoms with Crippen LogP contribution in [0.4, 0.5) is 4.39 Å². The van der Waals surface area contributed by atoms with E-state index in [-0.39, 0.29) is 6.61 Å². The van der Waals surface area contributed by atoms with Crippen molar-refractivity contribution in [2.75, 3.05) is 6.61 Å². The Morgan fingerprint density at radius 1 is 1.50 bits per heavy atom. The second-order valence-corrected chi connectivity index (χ2v) is 2.62. The maximum absolute atomic E-state index is 12.8. The highest BCUT2D eigenvalue weighted by molar-refractivity contribution is 5.79. The molecule has 3 heteroatoms. The van der Waals surface area contributed by atoms with Crippen molar-refractivity contribution in [3.8, 4) is 11.8 Å². The van der Waals surface area contributed by atoms with Crippen molar-refractivity contribution in [3.05, 3.63) is 35.1 Å². The number of rotatable bonds is 2. The number of benzene rings is 1. The number of aliphatic hydroxyl groups is 1. The van der Waals surface area contributed by atoms with Gasteiger partial charge in [-0.25, -0.2) is 4.39 Å². The van der Waals surface area contributed by atoms with Gasteiger partial charge in [0.1, 0.15) is 5.82 Å².